The molecule has 1 atom stereocenters. The summed E-state index contributed by atoms with van der Waals surface area (Å²) in [4.78, 5) is 11.7. The quantitative estimate of drug-likeness (QED) is 0.853. The number of benzene rings is 1. The highest BCUT2D eigenvalue weighted by atomic mass is 79.9. The van der Waals surface area contributed by atoms with Gasteiger partial charge in [-0.2, -0.15) is 0 Å². The van der Waals surface area contributed by atoms with Gasteiger partial charge < -0.3 is 15.4 Å². The molecule has 1 aliphatic heterocycles. The largest absolute Gasteiger partial charge is 0.378 e. The molecule has 2 rings (SSSR count). The molecule has 1 unspecified atom stereocenters. The van der Waals surface area contributed by atoms with E-state index in [1.807, 2.05) is 0 Å². The van der Waals surface area contributed by atoms with Gasteiger partial charge in [-0.15, -0.1) is 0 Å². The van der Waals surface area contributed by atoms with Crippen molar-refractivity contribution in [2.75, 3.05) is 26.3 Å². The normalized spacial score (nSPS) is 18.8. The molecule has 1 aromatic carbocycles. The summed E-state index contributed by atoms with van der Waals surface area (Å²) in [5, 5.41) is 6.11. The zero-order chi connectivity index (χ0) is 14.4. The van der Waals surface area contributed by atoms with E-state index >= 15 is 0 Å². The Bertz CT molecular complexity index is 464. The van der Waals surface area contributed by atoms with E-state index in [-0.39, 0.29) is 17.8 Å². The molecule has 0 bridgehead atoms. The summed E-state index contributed by atoms with van der Waals surface area (Å²) in [6.45, 7) is 2.63. The average Bonchev–Trinajstić information content (AvgIpc) is 2.44. The Balaban J connectivity index is 1.69. The molecule has 1 fully saturated rings. The summed E-state index contributed by atoms with van der Waals surface area (Å²) in [6.07, 6.45) is 1.10. The van der Waals surface area contributed by atoms with Crippen molar-refractivity contribution in [3.8, 4) is 0 Å². The van der Waals surface area contributed by atoms with Crippen molar-refractivity contribution < 1.29 is 13.9 Å². The average molecular weight is 345 g/mol. The number of carbonyl (C=O) groups is 1. The Morgan fingerprint density at radius 3 is 3.10 bits per heavy atom. The van der Waals surface area contributed by atoms with E-state index in [0.29, 0.717) is 37.1 Å². The Morgan fingerprint density at radius 1 is 1.55 bits per heavy atom. The SMILES string of the molecule is O=C(CC1COCCN1)NCCc1ccc(F)c(Br)c1. The number of carbonyl (C=O) groups excluding carboxylic acids is 1. The van der Waals surface area contributed by atoms with Crippen LogP contribution in [0.25, 0.3) is 0 Å². The predicted octanol–water partition coefficient (Wildman–Crippen LogP) is 1.63. The lowest BCUT2D eigenvalue weighted by atomic mass is 10.1. The monoisotopic (exact) mass is 344 g/mol. The highest BCUT2D eigenvalue weighted by Crippen LogP contribution is 2.16. The van der Waals surface area contributed by atoms with Gasteiger partial charge in [0.1, 0.15) is 5.82 Å². The van der Waals surface area contributed by atoms with E-state index in [1.165, 1.54) is 6.07 Å². The molecule has 6 heteroatoms. The van der Waals surface area contributed by atoms with Gasteiger partial charge >= 0.3 is 0 Å². The van der Waals surface area contributed by atoms with Crippen LogP contribution in [0.3, 0.4) is 0 Å². The summed E-state index contributed by atoms with van der Waals surface area (Å²) in [5.74, 6) is -0.268. The minimum Gasteiger partial charge on any atom is -0.378 e. The van der Waals surface area contributed by atoms with Crippen molar-refractivity contribution in [1.82, 2.24) is 10.6 Å². The van der Waals surface area contributed by atoms with Crippen molar-refractivity contribution in [3.05, 3.63) is 34.1 Å². The Labute approximate surface area is 126 Å². The maximum Gasteiger partial charge on any atom is 0.221 e. The first-order valence-corrected chi connectivity index (χ1v) is 7.46. The number of halogens is 2. The van der Waals surface area contributed by atoms with E-state index in [9.17, 15) is 9.18 Å². The Kier molecular flexibility index (Phi) is 5.94. The third-order valence-corrected chi connectivity index (χ3v) is 3.76. The van der Waals surface area contributed by atoms with Crippen LogP contribution < -0.4 is 10.6 Å². The molecule has 1 heterocycles. The van der Waals surface area contributed by atoms with Crippen molar-refractivity contribution in [3.63, 3.8) is 0 Å². The molecule has 1 aliphatic rings. The van der Waals surface area contributed by atoms with Crippen molar-refractivity contribution in [2.45, 2.75) is 18.9 Å². The Morgan fingerprint density at radius 2 is 2.40 bits per heavy atom. The first-order chi connectivity index (χ1) is 9.65. The van der Waals surface area contributed by atoms with Crippen LogP contribution in [-0.4, -0.2) is 38.3 Å². The fraction of sp³-hybridized carbons (Fsp3) is 0.500. The zero-order valence-electron chi connectivity index (χ0n) is 11.1. The maximum absolute atomic E-state index is 13.1. The van der Waals surface area contributed by atoms with Gasteiger partial charge in [-0.05, 0) is 40.0 Å². The lowest BCUT2D eigenvalue weighted by Crippen LogP contribution is -2.44. The van der Waals surface area contributed by atoms with Gasteiger partial charge in [-0.3, -0.25) is 4.79 Å². The Hall–Kier alpha value is -0.980. The maximum atomic E-state index is 13.1. The van der Waals surface area contributed by atoms with Gasteiger partial charge in [0.05, 0.1) is 17.7 Å². The smallest absolute Gasteiger partial charge is 0.221 e. The molecular formula is C14H18BrFN2O2. The number of rotatable bonds is 5. The third-order valence-electron chi connectivity index (χ3n) is 3.15. The van der Waals surface area contributed by atoms with Crippen molar-refractivity contribution in [1.29, 1.82) is 0 Å². The van der Waals surface area contributed by atoms with Crippen LogP contribution in [0.2, 0.25) is 0 Å². The van der Waals surface area contributed by atoms with Crippen molar-refractivity contribution in [2.24, 2.45) is 0 Å². The molecule has 1 amide bonds. The molecule has 0 saturated carbocycles. The summed E-state index contributed by atoms with van der Waals surface area (Å²) in [7, 11) is 0. The molecule has 110 valence electrons. The topological polar surface area (TPSA) is 50.4 Å². The van der Waals surface area contributed by atoms with Gasteiger partial charge in [-0.1, -0.05) is 6.07 Å². The standard InChI is InChI=1S/C14H18BrFN2O2/c15-12-7-10(1-2-13(12)16)3-4-18-14(19)8-11-9-20-6-5-17-11/h1-2,7,11,17H,3-6,8-9H2,(H,18,19). The number of nitrogens with one attached hydrogen (secondary N) is 2. The van der Waals surface area contributed by atoms with Crippen molar-refractivity contribution >= 4 is 21.8 Å². The number of ether oxygens (including phenoxy) is 1. The molecule has 1 aromatic rings. The molecule has 0 aliphatic carbocycles. The molecule has 0 spiro atoms. The fourth-order valence-corrected chi connectivity index (χ4v) is 2.51. The van der Waals surface area contributed by atoms with Crippen LogP contribution in [0, 0.1) is 5.82 Å². The zero-order valence-corrected chi connectivity index (χ0v) is 12.7. The molecule has 2 N–H and O–H groups in total. The summed E-state index contributed by atoms with van der Waals surface area (Å²) in [5.41, 5.74) is 0.984. The second-order valence-electron chi connectivity index (χ2n) is 4.78. The molecule has 20 heavy (non-hydrogen) atoms. The minimum absolute atomic E-state index is 0.00850. The number of hydrogen-bond donors (Lipinski definition) is 2. The van der Waals surface area contributed by atoms with E-state index in [1.54, 1.807) is 12.1 Å². The number of morpholine rings is 1. The van der Waals surface area contributed by atoms with Crippen LogP contribution in [0.15, 0.2) is 22.7 Å². The highest BCUT2D eigenvalue weighted by molar-refractivity contribution is 9.10. The molecule has 4 nitrogen and oxygen atoms in total. The second kappa shape index (κ2) is 7.71. The fourth-order valence-electron chi connectivity index (χ4n) is 2.09. The number of amides is 1. The van der Waals surface area contributed by atoms with E-state index in [0.717, 1.165) is 12.1 Å². The second-order valence-corrected chi connectivity index (χ2v) is 5.63. The third kappa shape index (κ3) is 4.85. The molecule has 0 radical (unpaired) electrons. The van der Waals surface area contributed by atoms with E-state index in [4.69, 9.17) is 4.74 Å². The first-order valence-electron chi connectivity index (χ1n) is 6.67. The summed E-state index contributed by atoms with van der Waals surface area (Å²) < 4.78 is 18.8. The van der Waals surface area contributed by atoms with Crippen LogP contribution in [-0.2, 0) is 16.0 Å². The van der Waals surface area contributed by atoms with Gasteiger partial charge in [0.15, 0.2) is 0 Å². The van der Waals surface area contributed by atoms with Crippen LogP contribution in [0.5, 0.6) is 0 Å². The first kappa shape index (κ1) is 15.4. The lowest BCUT2D eigenvalue weighted by Gasteiger charge is -2.23. The van der Waals surface area contributed by atoms with Crippen LogP contribution in [0.1, 0.15) is 12.0 Å². The van der Waals surface area contributed by atoms with Gasteiger partial charge in [-0.25, -0.2) is 4.39 Å². The van der Waals surface area contributed by atoms with Crippen LogP contribution in [0.4, 0.5) is 4.39 Å². The molecular weight excluding hydrogens is 327 g/mol. The minimum atomic E-state index is -0.277. The highest BCUT2D eigenvalue weighted by Gasteiger charge is 2.16. The number of hydrogen-bond acceptors (Lipinski definition) is 3. The molecule has 1 saturated heterocycles. The molecule has 0 aromatic heterocycles. The van der Waals surface area contributed by atoms with Gasteiger partial charge in [0.2, 0.25) is 5.91 Å². The summed E-state index contributed by atoms with van der Waals surface area (Å²) >= 11 is 3.15. The lowest BCUT2D eigenvalue weighted by molar-refractivity contribution is -0.122. The van der Waals surface area contributed by atoms with E-state index in [2.05, 4.69) is 26.6 Å². The van der Waals surface area contributed by atoms with Gasteiger partial charge in [0, 0.05) is 25.6 Å². The van der Waals surface area contributed by atoms with Crippen LogP contribution >= 0.6 is 15.9 Å². The van der Waals surface area contributed by atoms with Gasteiger partial charge in [0.25, 0.3) is 0 Å². The summed E-state index contributed by atoms with van der Waals surface area (Å²) in [6, 6.07) is 4.98. The van der Waals surface area contributed by atoms with E-state index < -0.39 is 0 Å². The predicted molar refractivity (Wildman–Crippen MR) is 78.0 cm³/mol.